The predicted octanol–water partition coefficient (Wildman–Crippen LogP) is 5.78. The van der Waals surface area contributed by atoms with Gasteiger partial charge in [-0.1, -0.05) is 18.2 Å². The van der Waals surface area contributed by atoms with Gasteiger partial charge in [-0.2, -0.15) is 0 Å². The van der Waals surface area contributed by atoms with Crippen LogP contribution < -0.4 is 25.4 Å². The molecule has 9 nitrogen and oxygen atoms in total. The van der Waals surface area contributed by atoms with Crippen molar-refractivity contribution in [2.24, 2.45) is 0 Å². The summed E-state index contributed by atoms with van der Waals surface area (Å²) in [5.41, 5.74) is 4.04. The zero-order valence-electron chi connectivity index (χ0n) is 22.2. The van der Waals surface area contributed by atoms with Crippen molar-refractivity contribution in [1.82, 2.24) is 25.4 Å². The SMILES string of the molecule is COc1ccc(NC(=S)NC(=O)NCCCc2cccc(-c3ncn(-c4ccc(OC(F)(F)F)cc4)n3)c2)c(C)c1. The first kappa shape index (κ1) is 29.3. The Hall–Kier alpha value is -4.65. The summed E-state index contributed by atoms with van der Waals surface area (Å²) in [5, 5.41) is 13.0. The minimum Gasteiger partial charge on any atom is -0.497 e. The number of carbonyl (C=O) groups excluding carboxylic acids is 1. The van der Waals surface area contributed by atoms with Crippen LogP contribution in [0.2, 0.25) is 0 Å². The number of amides is 2. The van der Waals surface area contributed by atoms with E-state index in [2.05, 4.69) is 30.8 Å². The number of halogens is 3. The van der Waals surface area contributed by atoms with Crippen LogP contribution in [-0.2, 0) is 6.42 Å². The van der Waals surface area contributed by atoms with Gasteiger partial charge in [-0.3, -0.25) is 5.32 Å². The Morgan fingerprint density at radius 3 is 2.51 bits per heavy atom. The zero-order valence-corrected chi connectivity index (χ0v) is 23.0. The molecule has 0 saturated carbocycles. The first-order valence-electron chi connectivity index (χ1n) is 12.5. The average molecular weight is 585 g/mol. The van der Waals surface area contributed by atoms with Crippen LogP contribution in [0.3, 0.4) is 0 Å². The molecule has 2 amide bonds. The van der Waals surface area contributed by atoms with Crippen LogP contribution in [0.5, 0.6) is 11.5 Å². The molecule has 3 aromatic carbocycles. The van der Waals surface area contributed by atoms with E-state index in [0.29, 0.717) is 30.9 Å². The maximum atomic E-state index is 12.4. The molecule has 0 unspecified atom stereocenters. The molecule has 4 aromatic rings. The number of hydrogen-bond donors (Lipinski definition) is 3. The van der Waals surface area contributed by atoms with Crippen molar-refractivity contribution in [2.75, 3.05) is 19.0 Å². The molecule has 0 atom stereocenters. The van der Waals surface area contributed by atoms with Crippen LogP contribution in [0.15, 0.2) is 73.1 Å². The van der Waals surface area contributed by atoms with E-state index in [9.17, 15) is 18.0 Å². The zero-order chi connectivity index (χ0) is 29.4. The maximum Gasteiger partial charge on any atom is 0.573 e. The Kier molecular flexibility index (Phi) is 9.40. The molecular weight excluding hydrogens is 557 g/mol. The normalized spacial score (nSPS) is 11.0. The number of nitrogens with zero attached hydrogens (tertiary/aromatic N) is 3. The minimum atomic E-state index is -4.75. The van der Waals surface area contributed by atoms with Crippen molar-refractivity contribution in [3.05, 3.63) is 84.2 Å². The molecule has 13 heteroatoms. The summed E-state index contributed by atoms with van der Waals surface area (Å²) < 4.78 is 47.7. The average Bonchev–Trinajstić information content (AvgIpc) is 3.42. The molecule has 41 heavy (non-hydrogen) atoms. The highest BCUT2D eigenvalue weighted by Gasteiger charge is 2.31. The predicted molar refractivity (Wildman–Crippen MR) is 152 cm³/mol. The lowest BCUT2D eigenvalue weighted by Gasteiger charge is -2.13. The van der Waals surface area contributed by atoms with E-state index >= 15 is 0 Å². The topological polar surface area (TPSA) is 102 Å². The number of nitrogens with one attached hydrogen (secondary N) is 3. The molecule has 4 rings (SSSR count). The molecular formula is C28H27F3N6O3S. The number of rotatable bonds is 9. The fraction of sp³-hybridized carbons (Fsp3) is 0.214. The summed E-state index contributed by atoms with van der Waals surface area (Å²) in [6, 6.07) is 18.1. The van der Waals surface area contributed by atoms with Crippen molar-refractivity contribution in [3.63, 3.8) is 0 Å². The molecule has 214 valence electrons. The minimum absolute atomic E-state index is 0.181. The van der Waals surface area contributed by atoms with Gasteiger partial charge in [0.05, 0.1) is 12.8 Å². The van der Waals surface area contributed by atoms with E-state index in [1.807, 2.05) is 43.3 Å². The van der Waals surface area contributed by atoms with Crippen LogP contribution >= 0.6 is 12.2 Å². The molecule has 0 bridgehead atoms. The Bertz CT molecular complexity index is 1510. The van der Waals surface area contributed by atoms with Crippen LogP contribution in [-0.4, -0.2) is 45.9 Å². The third-order valence-corrected chi connectivity index (χ3v) is 6.05. The van der Waals surface area contributed by atoms with E-state index in [0.717, 1.165) is 28.1 Å². The fourth-order valence-corrected chi connectivity index (χ4v) is 4.09. The van der Waals surface area contributed by atoms with Gasteiger partial charge >= 0.3 is 12.4 Å². The summed E-state index contributed by atoms with van der Waals surface area (Å²) in [6.45, 7) is 2.34. The lowest BCUT2D eigenvalue weighted by molar-refractivity contribution is -0.274. The summed E-state index contributed by atoms with van der Waals surface area (Å²) in [4.78, 5) is 16.6. The monoisotopic (exact) mass is 584 g/mol. The Labute approximate surface area is 239 Å². The van der Waals surface area contributed by atoms with E-state index < -0.39 is 12.4 Å². The number of aromatic nitrogens is 3. The highest BCUT2D eigenvalue weighted by atomic mass is 32.1. The van der Waals surface area contributed by atoms with E-state index in [-0.39, 0.29) is 10.9 Å². The highest BCUT2D eigenvalue weighted by Crippen LogP contribution is 2.24. The van der Waals surface area contributed by atoms with Crippen LogP contribution in [0.25, 0.3) is 17.1 Å². The number of methoxy groups -OCH3 is 1. The molecule has 0 aliphatic heterocycles. The van der Waals surface area contributed by atoms with Gasteiger partial charge in [0.1, 0.15) is 17.8 Å². The maximum absolute atomic E-state index is 12.4. The van der Waals surface area contributed by atoms with Crippen LogP contribution in [0.4, 0.5) is 23.7 Å². The molecule has 0 spiro atoms. The number of benzene rings is 3. The quantitative estimate of drug-likeness (QED) is 0.169. The van der Waals surface area contributed by atoms with Gasteiger partial charge in [0, 0.05) is 17.8 Å². The number of alkyl halides is 3. The van der Waals surface area contributed by atoms with E-state index in [4.69, 9.17) is 17.0 Å². The van der Waals surface area contributed by atoms with Crippen LogP contribution in [0.1, 0.15) is 17.5 Å². The number of thiocarbonyl (C=S) groups is 1. The highest BCUT2D eigenvalue weighted by molar-refractivity contribution is 7.80. The molecule has 1 heterocycles. The van der Waals surface area contributed by atoms with Gasteiger partial charge < -0.3 is 20.1 Å². The molecule has 0 aliphatic carbocycles. The number of carbonyl (C=O) groups is 1. The first-order chi connectivity index (χ1) is 19.6. The number of hydrogen-bond acceptors (Lipinski definition) is 6. The third-order valence-electron chi connectivity index (χ3n) is 5.85. The number of urea groups is 1. The van der Waals surface area contributed by atoms with Crippen molar-refractivity contribution >= 4 is 29.0 Å². The molecule has 1 aromatic heterocycles. The third kappa shape index (κ3) is 8.67. The molecule has 0 saturated heterocycles. The van der Waals surface area contributed by atoms with E-state index in [1.54, 1.807) is 13.2 Å². The number of aryl methyl sites for hydroxylation is 2. The summed E-state index contributed by atoms with van der Waals surface area (Å²) in [5.74, 6) is 0.880. The smallest absolute Gasteiger partial charge is 0.497 e. The van der Waals surface area contributed by atoms with E-state index in [1.165, 1.54) is 35.3 Å². The van der Waals surface area contributed by atoms with Crippen molar-refractivity contribution < 1.29 is 27.4 Å². The molecule has 0 aliphatic rings. The van der Waals surface area contributed by atoms with Gasteiger partial charge in [-0.05, 0) is 91.6 Å². The van der Waals surface area contributed by atoms with Gasteiger partial charge in [-0.15, -0.1) is 18.3 Å². The first-order valence-corrected chi connectivity index (χ1v) is 12.9. The summed E-state index contributed by atoms with van der Waals surface area (Å²) in [6.07, 6.45) is -1.89. The second-order valence-electron chi connectivity index (χ2n) is 8.87. The van der Waals surface area contributed by atoms with Crippen molar-refractivity contribution in [2.45, 2.75) is 26.1 Å². The van der Waals surface area contributed by atoms with Gasteiger partial charge in [0.25, 0.3) is 0 Å². The Morgan fingerprint density at radius 2 is 1.80 bits per heavy atom. The molecule has 0 fully saturated rings. The van der Waals surface area contributed by atoms with Crippen LogP contribution in [0, 0.1) is 6.92 Å². The van der Waals surface area contributed by atoms with Crippen molar-refractivity contribution in [1.29, 1.82) is 0 Å². The molecule has 3 N–H and O–H groups in total. The van der Waals surface area contributed by atoms with Gasteiger partial charge in [-0.25, -0.2) is 14.5 Å². The Morgan fingerprint density at radius 1 is 1.05 bits per heavy atom. The number of ether oxygens (including phenoxy) is 2. The molecule has 0 radical (unpaired) electrons. The lowest BCUT2D eigenvalue weighted by Crippen LogP contribution is -2.42. The second kappa shape index (κ2) is 13.1. The standard InChI is InChI=1S/C28H27F3N6O3S/c1-18-15-23(39-2)12-13-24(18)34-27(41)35-26(38)32-14-4-6-19-5-3-7-20(16-19)25-33-17-37(36-25)21-8-10-22(11-9-21)40-28(29,30)31/h3,5,7-13,15-17H,4,6,14H2,1-2H3,(H3,32,34,35,38,41). The Balaban J connectivity index is 1.24. The number of anilines is 1. The lowest BCUT2D eigenvalue weighted by atomic mass is 10.1. The fourth-order valence-electron chi connectivity index (χ4n) is 3.88. The van der Waals surface area contributed by atoms with Crippen molar-refractivity contribution in [3.8, 4) is 28.6 Å². The largest absolute Gasteiger partial charge is 0.573 e. The van der Waals surface area contributed by atoms with Gasteiger partial charge in [0.2, 0.25) is 0 Å². The second-order valence-corrected chi connectivity index (χ2v) is 9.28. The summed E-state index contributed by atoms with van der Waals surface area (Å²) >= 11 is 5.23. The summed E-state index contributed by atoms with van der Waals surface area (Å²) in [7, 11) is 1.59. The van der Waals surface area contributed by atoms with Gasteiger partial charge in [0.15, 0.2) is 10.9 Å².